The van der Waals surface area contributed by atoms with Gasteiger partial charge in [0.05, 0.1) is 5.69 Å². The second-order valence-electron chi connectivity index (χ2n) is 5.71. The second kappa shape index (κ2) is 5.78. The third kappa shape index (κ3) is 2.67. The van der Waals surface area contributed by atoms with Gasteiger partial charge in [-0.15, -0.1) is 0 Å². The van der Waals surface area contributed by atoms with Crippen molar-refractivity contribution >= 4 is 11.6 Å². The molecule has 1 atom stereocenters. The van der Waals surface area contributed by atoms with Crippen molar-refractivity contribution in [1.82, 2.24) is 9.97 Å². The minimum atomic E-state index is -0.698. The van der Waals surface area contributed by atoms with Crippen LogP contribution in [0.2, 0.25) is 0 Å². The van der Waals surface area contributed by atoms with Crippen LogP contribution in [0.1, 0.15) is 34.1 Å². The lowest BCUT2D eigenvalue weighted by molar-refractivity contribution is 0.219. The average Bonchev–Trinajstić information content (AvgIpc) is 3.06. The molecule has 4 rings (SSSR count). The first-order valence-corrected chi connectivity index (χ1v) is 7.64. The second-order valence-corrected chi connectivity index (χ2v) is 5.71. The Bertz CT molecular complexity index is 857. The zero-order chi connectivity index (χ0) is 15.6. The molecule has 3 nitrogen and oxygen atoms in total. The van der Waals surface area contributed by atoms with Gasteiger partial charge in [-0.05, 0) is 34.9 Å². The van der Waals surface area contributed by atoms with Gasteiger partial charge >= 0.3 is 0 Å². The summed E-state index contributed by atoms with van der Waals surface area (Å²) in [4.78, 5) is 8.61. The SMILES string of the molecule is OC(c1cccnc1)c1cnc2c(c1)C=C(c1ccccc1)C2. The molecule has 2 aromatic heterocycles. The molecule has 0 saturated carbocycles. The van der Waals surface area contributed by atoms with E-state index in [1.54, 1.807) is 18.6 Å². The summed E-state index contributed by atoms with van der Waals surface area (Å²) in [6.07, 6.45) is 7.45. The molecule has 23 heavy (non-hydrogen) atoms. The fourth-order valence-corrected chi connectivity index (χ4v) is 2.94. The van der Waals surface area contributed by atoms with Gasteiger partial charge in [-0.3, -0.25) is 9.97 Å². The van der Waals surface area contributed by atoms with Gasteiger partial charge < -0.3 is 5.11 Å². The molecule has 0 aliphatic heterocycles. The number of nitrogens with zero attached hydrogens (tertiary/aromatic N) is 2. The highest BCUT2D eigenvalue weighted by Gasteiger charge is 2.18. The van der Waals surface area contributed by atoms with Gasteiger partial charge in [0.25, 0.3) is 0 Å². The zero-order valence-corrected chi connectivity index (χ0v) is 12.6. The maximum absolute atomic E-state index is 10.5. The average molecular weight is 300 g/mol. The summed E-state index contributed by atoms with van der Waals surface area (Å²) in [6, 6.07) is 16.1. The summed E-state index contributed by atoms with van der Waals surface area (Å²) in [5, 5.41) is 10.5. The molecule has 2 heterocycles. The van der Waals surface area contributed by atoms with Gasteiger partial charge in [0.15, 0.2) is 0 Å². The molecular formula is C20H16N2O. The molecule has 1 aromatic carbocycles. The normalized spacial score (nSPS) is 14.2. The number of hydrogen-bond acceptors (Lipinski definition) is 3. The highest BCUT2D eigenvalue weighted by atomic mass is 16.3. The van der Waals surface area contributed by atoms with Crippen LogP contribution in [0.5, 0.6) is 0 Å². The van der Waals surface area contributed by atoms with E-state index >= 15 is 0 Å². The molecule has 3 aromatic rings. The Morgan fingerprint density at radius 3 is 2.61 bits per heavy atom. The van der Waals surface area contributed by atoms with Crippen LogP contribution in [0.15, 0.2) is 67.1 Å². The number of hydrogen-bond donors (Lipinski definition) is 1. The third-order valence-electron chi connectivity index (χ3n) is 4.17. The summed E-state index contributed by atoms with van der Waals surface area (Å²) in [5.74, 6) is 0. The number of allylic oxidation sites excluding steroid dienone is 1. The van der Waals surface area contributed by atoms with Crippen molar-refractivity contribution in [3.8, 4) is 0 Å². The minimum Gasteiger partial charge on any atom is -0.384 e. The molecular weight excluding hydrogens is 284 g/mol. The first-order chi connectivity index (χ1) is 11.3. The smallest absolute Gasteiger partial charge is 0.107 e. The maximum atomic E-state index is 10.5. The molecule has 0 saturated heterocycles. The van der Waals surface area contributed by atoms with Crippen LogP contribution in [0.3, 0.4) is 0 Å². The number of pyridine rings is 2. The van der Waals surface area contributed by atoms with E-state index in [1.165, 1.54) is 11.1 Å². The first kappa shape index (κ1) is 13.9. The van der Waals surface area contributed by atoms with Crippen LogP contribution >= 0.6 is 0 Å². The van der Waals surface area contributed by atoms with E-state index in [0.29, 0.717) is 0 Å². The standard InChI is InChI=1S/C20H16N2O/c23-20(15-7-4-8-21-12-15)18-10-17-9-16(11-19(17)22-13-18)14-5-2-1-3-6-14/h1-10,12-13,20,23H,11H2. The van der Waals surface area contributed by atoms with E-state index in [1.807, 2.05) is 36.4 Å². The first-order valence-electron chi connectivity index (χ1n) is 7.64. The van der Waals surface area contributed by atoms with Crippen LogP contribution in [-0.4, -0.2) is 15.1 Å². The van der Waals surface area contributed by atoms with Crippen molar-refractivity contribution in [1.29, 1.82) is 0 Å². The monoisotopic (exact) mass is 300 g/mol. The quantitative estimate of drug-likeness (QED) is 0.803. The fourth-order valence-electron chi connectivity index (χ4n) is 2.94. The van der Waals surface area contributed by atoms with Crippen molar-refractivity contribution in [2.24, 2.45) is 0 Å². The lowest BCUT2D eigenvalue weighted by Crippen LogP contribution is -2.02. The van der Waals surface area contributed by atoms with Gasteiger partial charge in [0.1, 0.15) is 6.10 Å². The molecule has 1 aliphatic rings. The van der Waals surface area contributed by atoms with E-state index in [4.69, 9.17) is 0 Å². The van der Waals surface area contributed by atoms with E-state index < -0.39 is 6.10 Å². The van der Waals surface area contributed by atoms with Crippen molar-refractivity contribution in [3.63, 3.8) is 0 Å². The largest absolute Gasteiger partial charge is 0.384 e. The lowest BCUT2D eigenvalue weighted by Gasteiger charge is -2.11. The molecule has 1 aliphatic carbocycles. The number of aliphatic hydroxyl groups excluding tert-OH is 1. The van der Waals surface area contributed by atoms with Gasteiger partial charge in [0, 0.05) is 36.1 Å². The number of aliphatic hydroxyl groups is 1. The van der Waals surface area contributed by atoms with Crippen LogP contribution < -0.4 is 0 Å². The van der Waals surface area contributed by atoms with Crippen molar-refractivity contribution in [2.75, 3.05) is 0 Å². The van der Waals surface area contributed by atoms with E-state index in [9.17, 15) is 5.11 Å². The molecule has 0 radical (unpaired) electrons. The topological polar surface area (TPSA) is 46.0 Å². The lowest BCUT2D eigenvalue weighted by atomic mass is 10.0. The van der Waals surface area contributed by atoms with E-state index in [0.717, 1.165) is 28.8 Å². The van der Waals surface area contributed by atoms with Crippen LogP contribution in [0.4, 0.5) is 0 Å². The van der Waals surface area contributed by atoms with Crippen molar-refractivity contribution < 1.29 is 5.11 Å². The summed E-state index contributed by atoms with van der Waals surface area (Å²) >= 11 is 0. The van der Waals surface area contributed by atoms with Crippen LogP contribution in [0.25, 0.3) is 11.6 Å². The number of rotatable bonds is 3. The van der Waals surface area contributed by atoms with Gasteiger partial charge in [-0.1, -0.05) is 36.4 Å². The van der Waals surface area contributed by atoms with Gasteiger partial charge in [-0.25, -0.2) is 0 Å². The summed E-state index contributed by atoms with van der Waals surface area (Å²) < 4.78 is 0. The Kier molecular flexibility index (Phi) is 3.48. The Labute approximate surface area is 135 Å². The molecule has 0 spiro atoms. The van der Waals surface area contributed by atoms with E-state index in [-0.39, 0.29) is 0 Å². The third-order valence-corrected chi connectivity index (χ3v) is 4.17. The zero-order valence-electron chi connectivity index (χ0n) is 12.6. The molecule has 0 fully saturated rings. The van der Waals surface area contributed by atoms with Crippen molar-refractivity contribution in [2.45, 2.75) is 12.5 Å². The number of aromatic nitrogens is 2. The van der Waals surface area contributed by atoms with Crippen LogP contribution in [0, 0.1) is 0 Å². The minimum absolute atomic E-state index is 0.698. The Morgan fingerprint density at radius 1 is 0.957 bits per heavy atom. The summed E-state index contributed by atoms with van der Waals surface area (Å²) in [6.45, 7) is 0. The van der Waals surface area contributed by atoms with Crippen LogP contribution in [-0.2, 0) is 6.42 Å². The Balaban J connectivity index is 1.66. The predicted molar refractivity (Wildman–Crippen MR) is 90.6 cm³/mol. The summed E-state index contributed by atoms with van der Waals surface area (Å²) in [5.41, 5.74) is 6.21. The molecule has 0 bridgehead atoms. The predicted octanol–water partition coefficient (Wildman–Crippen LogP) is 3.66. The van der Waals surface area contributed by atoms with E-state index in [2.05, 4.69) is 28.2 Å². The molecule has 1 N–H and O–H groups in total. The summed E-state index contributed by atoms with van der Waals surface area (Å²) in [7, 11) is 0. The Morgan fingerprint density at radius 2 is 1.83 bits per heavy atom. The highest BCUT2D eigenvalue weighted by Crippen LogP contribution is 2.32. The Hall–Kier alpha value is -2.78. The van der Waals surface area contributed by atoms with Gasteiger partial charge in [-0.2, -0.15) is 0 Å². The maximum Gasteiger partial charge on any atom is 0.107 e. The number of benzene rings is 1. The molecule has 0 amide bonds. The fraction of sp³-hybridized carbons (Fsp3) is 0.100. The number of fused-ring (bicyclic) bond motifs is 1. The highest BCUT2D eigenvalue weighted by molar-refractivity contribution is 5.87. The molecule has 3 heteroatoms. The van der Waals surface area contributed by atoms with Crippen molar-refractivity contribution in [3.05, 3.63) is 95.1 Å². The van der Waals surface area contributed by atoms with Gasteiger partial charge in [0.2, 0.25) is 0 Å². The molecule has 112 valence electrons. The molecule has 1 unspecified atom stereocenters.